The summed E-state index contributed by atoms with van der Waals surface area (Å²) in [6.45, 7) is 0.639. The van der Waals surface area contributed by atoms with Gasteiger partial charge in [0.2, 0.25) is 5.82 Å². The molecule has 6 heteroatoms. The fraction of sp³-hybridized carbons (Fsp3) is 0.231. The Morgan fingerprint density at radius 3 is 2.28 bits per heavy atom. The standard InChI is InChI=1S/C26H23N5O/c32-25-22-8-2-1-6-20(22)16-26(14-5-15-26)31(25)17-18-10-12-19(13-11-18)21-7-3-4-9-23(21)24-27-29-30-28-24/h1-4,6-13H,5,14-17H2,(H,27,28,29,30). The number of nitrogens with zero attached hydrogens (tertiary/aromatic N) is 4. The van der Waals surface area contributed by atoms with E-state index in [1.54, 1.807) is 0 Å². The Labute approximate surface area is 186 Å². The highest BCUT2D eigenvalue weighted by molar-refractivity contribution is 5.97. The average molecular weight is 422 g/mol. The summed E-state index contributed by atoms with van der Waals surface area (Å²) in [6.07, 6.45) is 4.33. The second kappa shape index (κ2) is 7.41. The van der Waals surface area contributed by atoms with Crippen molar-refractivity contribution in [1.29, 1.82) is 0 Å². The molecule has 1 N–H and O–H groups in total. The molecule has 6 nitrogen and oxygen atoms in total. The topological polar surface area (TPSA) is 74.8 Å². The fourth-order valence-electron chi connectivity index (χ4n) is 5.14. The van der Waals surface area contributed by atoms with Crippen LogP contribution in [0.4, 0.5) is 0 Å². The molecule has 2 aliphatic rings. The first-order valence-electron chi connectivity index (χ1n) is 11.1. The lowest BCUT2D eigenvalue weighted by atomic mass is 9.68. The van der Waals surface area contributed by atoms with E-state index >= 15 is 0 Å². The van der Waals surface area contributed by atoms with Gasteiger partial charge in [-0.3, -0.25) is 4.79 Å². The highest BCUT2D eigenvalue weighted by atomic mass is 16.2. The maximum Gasteiger partial charge on any atom is 0.254 e. The predicted molar refractivity (Wildman–Crippen MR) is 122 cm³/mol. The summed E-state index contributed by atoms with van der Waals surface area (Å²) in [5.41, 5.74) is 6.25. The van der Waals surface area contributed by atoms with Crippen LogP contribution in [0.25, 0.3) is 22.5 Å². The average Bonchev–Trinajstić information content (AvgIpc) is 3.35. The molecule has 0 bridgehead atoms. The molecule has 1 aliphatic heterocycles. The summed E-state index contributed by atoms with van der Waals surface area (Å²) in [4.78, 5) is 15.5. The minimum atomic E-state index is -0.0185. The number of nitrogens with one attached hydrogen (secondary N) is 1. The first kappa shape index (κ1) is 18.9. The van der Waals surface area contributed by atoms with Crippen molar-refractivity contribution in [2.75, 3.05) is 0 Å². The van der Waals surface area contributed by atoms with Crippen LogP contribution in [0.5, 0.6) is 0 Å². The predicted octanol–water partition coefficient (Wildman–Crippen LogP) is 4.65. The maximum absolute atomic E-state index is 13.4. The van der Waals surface area contributed by atoms with Gasteiger partial charge in [0, 0.05) is 23.2 Å². The number of amides is 1. The van der Waals surface area contributed by atoms with E-state index in [9.17, 15) is 4.79 Å². The number of rotatable bonds is 4. The van der Waals surface area contributed by atoms with Crippen molar-refractivity contribution in [3.63, 3.8) is 0 Å². The van der Waals surface area contributed by atoms with E-state index in [1.165, 1.54) is 12.0 Å². The second-order valence-electron chi connectivity index (χ2n) is 8.78. The van der Waals surface area contributed by atoms with Gasteiger partial charge in [0.1, 0.15) is 0 Å². The zero-order valence-electron chi connectivity index (χ0n) is 17.7. The summed E-state index contributed by atoms with van der Waals surface area (Å²) >= 11 is 0. The highest BCUT2D eigenvalue weighted by Gasteiger charge is 2.48. The number of aromatic nitrogens is 4. The van der Waals surface area contributed by atoms with Crippen molar-refractivity contribution in [2.45, 2.75) is 37.8 Å². The molecule has 1 amide bonds. The number of hydrogen-bond acceptors (Lipinski definition) is 4. The molecule has 2 heterocycles. The van der Waals surface area contributed by atoms with Gasteiger partial charge < -0.3 is 4.90 Å². The van der Waals surface area contributed by atoms with E-state index in [4.69, 9.17) is 0 Å². The van der Waals surface area contributed by atoms with Crippen molar-refractivity contribution in [1.82, 2.24) is 25.5 Å². The number of H-pyrrole nitrogens is 1. The molecule has 32 heavy (non-hydrogen) atoms. The number of carbonyl (C=O) groups is 1. The smallest absolute Gasteiger partial charge is 0.254 e. The summed E-state index contributed by atoms with van der Waals surface area (Å²) < 4.78 is 0. The molecule has 3 aromatic carbocycles. The van der Waals surface area contributed by atoms with Gasteiger partial charge in [-0.25, -0.2) is 0 Å². The summed E-state index contributed by atoms with van der Waals surface area (Å²) in [6, 6.07) is 24.6. The van der Waals surface area contributed by atoms with Crippen molar-refractivity contribution in [3.05, 3.63) is 89.5 Å². The molecule has 0 saturated heterocycles. The van der Waals surface area contributed by atoms with Crippen LogP contribution >= 0.6 is 0 Å². The second-order valence-corrected chi connectivity index (χ2v) is 8.78. The van der Waals surface area contributed by atoms with Crippen molar-refractivity contribution in [3.8, 4) is 22.5 Å². The van der Waals surface area contributed by atoms with E-state index in [0.717, 1.165) is 47.1 Å². The van der Waals surface area contributed by atoms with Crippen LogP contribution < -0.4 is 0 Å². The summed E-state index contributed by atoms with van der Waals surface area (Å²) in [5, 5.41) is 14.5. The molecule has 4 aromatic rings. The quantitative estimate of drug-likeness (QED) is 0.520. The Morgan fingerprint density at radius 2 is 1.59 bits per heavy atom. The molecule has 1 fully saturated rings. The molecular formula is C26H23N5O. The van der Waals surface area contributed by atoms with Crippen LogP contribution in [-0.2, 0) is 13.0 Å². The summed E-state index contributed by atoms with van der Waals surface area (Å²) in [5.74, 6) is 0.743. The SMILES string of the molecule is O=C1c2ccccc2CC2(CCC2)N1Cc1ccc(-c2ccccc2-c2nn[nH]n2)cc1. The monoisotopic (exact) mass is 421 g/mol. The number of fused-ring (bicyclic) bond motifs is 1. The van der Waals surface area contributed by atoms with Crippen LogP contribution in [0, 0.1) is 0 Å². The number of hydrogen-bond donors (Lipinski definition) is 1. The van der Waals surface area contributed by atoms with Crippen LogP contribution in [0.1, 0.15) is 40.7 Å². The van der Waals surface area contributed by atoms with Gasteiger partial charge in [0.05, 0.1) is 0 Å². The Kier molecular flexibility index (Phi) is 4.38. The van der Waals surface area contributed by atoms with Gasteiger partial charge in [0.25, 0.3) is 5.91 Å². The molecule has 1 aliphatic carbocycles. The Bertz CT molecular complexity index is 1280. The van der Waals surface area contributed by atoms with Crippen LogP contribution in [0.2, 0.25) is 0 Å². The molecule has 0 atom stereocenters. The lowest BCUT2D eigenvalue weighted by Crippen LogP contribution is -2.59. The zero-order valence-corrected chi connectivity index (χ0v) is 17.7. The molecule has 1 saturated carbocycles. The van der Waals surface area contributed by atoms with Crippen LogP contribution in [-0.4, -0.2) is 37.0 Å². The van der Waals surface area contributed by atoms with E-state index < -0.39 is 0 Å². The first-order valence-corrected chi connectivity index (χ1v) is 11.1. The third kappa shape index (κ3) is 3.02. The van der Waals surface area contributed by atoms with Gasteiger partial charge in [0.15, 0.2) is 0 Å². The van der Waals surface area contributed by atoms with Gasteiger partial charge >= 0.3 is 0 Å². The molecule has 158 valence electrons. The summed E-state index contributed by atoms with van der Waals surface area (Å²) in [7, 11) is 0. The van der Waals surface area contributed by atoms with Gasteiger partial charge in [-0.1, -0.05) is 66.7 Å². The number of tetrazole rings is 1. The van der Waals surface area contributed by atoms with Gasteiger partial charge in [-0.05, 0) is 59.2 Å². The number of aromatic amines is 1. The minimum Gasteiger partial charge on any atom is -0.328 e. The Morgan fingerprint density at radius 1 is 0.875 bits per heavy atom. The number of benzene rings is 3. The van der Waals surface area contributed by atoms with Crippen LogP contribution in [0.3, 0.4) is 0 Å². The van der Waals surface area contributed by atoms with Gasteiger partial charge in [-0.15, -0.1) is 10.2 Å². The van der Waals surface area contributed by atoms with E-state index in [1.807, 2.05) is 36.4 Å². The van der Waals surface area contributed by atoms with Crippen molar-refractivity contribution >= 4 is 5.91 Å². The third-order valence-corrected chi connectivity index (χ3v) is 6.99. The third-order valence-electron chi connectivity index (χ3n) is 6.99. The molecule has 6 rings (SSSR count). The Balaban J connectivity index is 1.30. The van der Waals surface area contributed by atoms with E-state index in [0.29, 0.717) is 12.4 Å². The maximum atomic E-state index is 13.4. The minimum absolute atomic E-state index is 0.0185. The number of carbonyl (C=O) groups excluding carboxylic acids is 1. The lowest BCUT2D eigenvalue weighted by molar-refractivity contribution is 0.00557. The molecule has 1 aromatic heterocycles. The molecule has 0 unspecified atom stereocenters. The largest absolute Gasteiger partial charge is 0.328 e. The van der Waals surface area contributed by atoms with Crippen molar-refractivity contribution < 1.29 is 4.79 Å². The first-order chi connectivity index (χ1) is 15.7. The normalized spacial score (nSPS) is 16.6. The lowest BCUT2D eigenvalue weighted by Gasteiger charge is -2.53. The molecule has 1 spiro atoms. The molecular weight excluding hydrogens is 398 g/mol. The fourth-order valence-corrected chi connectivity index (χ4v) is 5.14. The molecule has 0 radical (unpaired) electrons. The van der Waals surface area contributed by atoms with Crippen molar-refractivity contribution in [2.24, 2.45) is 0 Å². The highest BCUT2D eigenvalue weighted by Crippen LogP contribution is 2.45. The van der Waals surface area contributed by atoms with E-state index in [2.05, 4.69) is 61.9 Å². The zero-order chi connectivity index (χ0) is 21.5. The van der Waals surface area contributed by atoms with Gasteiger partial charge in [-0.2, -0.15) is 5.21 Å². The van der Waals surface area contributed by atoms with E-state index in [-0.39, 0.29) is 11.4 Å². The Hall–Kier alpha value is -3.80. The van der Waals surface area contributed by atoms with Crippen LogP contribution in [0.15, 0.2) is 72.8 Å².